The molecule has 1 aliphatic carbocycles. The Morgan fingerprint density at radius 2 is 1.93 bits per heavy atom. The summed E-state index contributed by atoms with van der Waals surface area (Å²) in [7, 11) is 0. The number of nitrogens with one attached hydrogen (secondary N) is 2. The number of carbonyl (C=O) groups excluding carboxylic acids is 2. The molecule has 9 nitrogen and oxygen atoms in total. The summed E-state index contributed by atoms with van der Waals surface area (Å²) >= 11 is 0. The molecule has 1 saturated heterocycles. The first-order valence-corrected chi connectivity index (χ1v) is 9.88. The Morgan fingerprint density at radius 3 is 2.50 bits per heavy atom. The Hall–Kier alpha value is -2.58. The maximum absolute atomic E-state index is 12.6. The molecule has 28 heavy (non-hydrogen) atoms. The third-order valence-electron chi connectivity index (χ3n) is 5.43. The van der Waals surface area contributed by atoms with Crippen LogP contribution in [0.15, 0.2) is 10.6 Å². The van der Waals surface area contributed by atoms with Crippen molar-refractivity contribution in [3.63, 3.8) is 0 Å². The average molecular weight is 392 g/mol. The maximum atomic E-state index is 12.6. The zero-order valence-electron chi connectivity index (χ0n) is 16.3. The van der Waals surface area contributed by atoms with E-state index in [-0.39, 0.29) is 23.7 Å². The van der Waals surface area contributed by atoms with Gasteiger partial charge in [0.05, 0.1) is 0 Å². The molecule has 0 radical (unpaired) electrons. The highest BCUT2D eigenvalue weighted by Crippen LogP contribution is 2.40. The Bertz CT molecular complexity index is 720. The number of carbonyl (C=O) groups is 3. The van der Waals surface area contributed by atoms with Gasteiger partial charge in [0.15, 0.2) is 5.69 Å². The molecule has 1 aromatic heterocycles. The Labute approximate surface area is 163 Å². The van der Waals surface area contributed by atoms with E-state index in [0.717, 1.165) is 31.4 Å². The molecule has 0 unspecified atom stereocenters. The van der Waals surface area contributed by atoms with E-state index in [9.17, 15) is 14.4 Å². The normalized spacial score (nSPS) is 18.8. The van der Waals surface area contributed by atoms with Crippen molar-refractivity contribution in [1.29, 1.82) is 0 Å². The van der Waals surface area contributed by atoms with Gasteiger partial charge in [0.2, 0.25) is 5.91 Å². The highest BCUT2D eigenvalue weighted by molar-refractivity contribution is 5.92. The number of likely N-dealkylation sites (tertiary alicyclic amines) is 1. The van der Waals surface area contributed by atoms with E-state index in [2.05, 4.69) is 15.8 Å². The quantitative estimate of drug-likeness (QED) is 0.650. The van der Waals surface area contributed by atoms with E-state index in [0.29, 0.717) is 31.2 Å². The summed E-state index contributed by atoms with van der Waals surface area (Å²) in [6.45, 7) is 5.27. The Kier molecular flexibility index (Phi) is 6.21. The van der Waals surface area contributed by atoms with E-state index in [4.69, 9.17) is 9.63 Å². The summed E-state index contributed by atoms with van der Waals surface area (Å²) in [6, 6.07) is 0.983. The van der Waals surface area contributed by atoms with Gasteiger partial charge >= 0.3 is 6.09 Å². The van der Waals surface area contributed by atoms with Crippen molar-refractivity contribution in [2.24, 2.45) is 11.8 Å². The molecular weight excluding hydrogens is 364 g/mol. The van der Waals surface area contributed by atoms with E-state index < -0.39 is 12.1 Å². The fraction of sp³-hybridized carbons (Fsp3) is 0.684. The molecule has 0 bridgehead atoms. The van der Waals surface area contributed by atoms with Gasteiger partial charge in [-0.25, -0.2) is 4.79 Å². The molecule has 1 aliphatic heterocycles. The first-order chi connectivity index (χ1) is 13.3. The van der Waals surface area contributed by atoms with Gasteiger partial charge in [-0.3, -0.25) is 9.59 Å². The van der Waals surface area contributed by atoms with Crippen LogP contribution in [0.1, 0.15) is 61.7 Å². The number of carboxylic acid groups (broad SMARTS) is 1. The van der Waals surface area contributed by atoms with Crippen molar-refractivity contribution in [3.8, 4) is 0 Å². The number of piperidine rings is 1. The van der Waals surface area contributed by atoms with Gasteiger partial charge in [-0.05, 0) is 37.5 Å². The predicted molar refractivity (Wildman–Crippen MR) is 99.9 cm³/mol. The molecule has 2 aliphatic rings. The molecule has 0 aromatic carbocycles. The Morgan fingerprint density at radius 1 is 1.25 bits per heavy atom. The zero-order valence-corrected chi connectivity index (χ0v) is 16.3. The van der Waals surface area contributed by atoms with Crippen LogP contribution in [0.5, 0.6) is 0 Å². The van der Waals surface area contributed by atoms with Crippen LogP contribution in [0, 0.1) is 11.8 Å². The van der Waals surface area contributed by atoms with Crippen molar-refractivity contribution in [1.82, 2.24) is 20.7 Å². The highest BCUT2D eigenvalue weighted by Gasteiger charge is 2.32. The van der Waals surface area contributed by atoms with Crippen LogP contribution in [-0.2, 0) is 4.79 Å². The monoisotopic (exact) mass is 392 g/mol. The van der Waals surface area contributed by atoms with Gasteiger partial charge in [-0.2, -0.15) is 0 Å². The summed E-state index contributed by atoms with van der Waals surface area (Å²) in [5, 5.41) is 18.0. The molecule has 1 atom stereocenters. The minimum atomic E-state index is -1.19. The third kappa shape index (κ3) is 5.02. The van der Waals surface area contributed by atoms with E-state index in [1.807, 2.05) is 13.8 Å². The maximum Gasteiger partial charge on any atom is 0.405 e. The standard InChI is InChI=1S/C19H28N4O5/c1-11(2)16(21-19(26)27)18(25)23-7-5-12(6-8-23)10-20-17(24)14-9-15(28-22-14)13-3-4-13/h9,11-13,16,21H,3-8,10H2,1-2H3,(H,20,24)(H,26,27)/t16-/m0/s1. The molecule has 9 heteroatoms. The lowest BCUT2D eigenvalue weighted by Gasteiger charge is -2.35. The number of amides is 3. The fourth-order valence-electron chi connectivity index (χ4n) is 3.48. The first kappa shape index (κ1) is 20.2. The van der Waals surface area contributed by atoms with Gasteiger partial charge in [-0.1, -0.05) is 19.0 Å². The summed E-state index contributed by atoms with van der Waals surface area (Å²) in [4.78, 5) is 37.5. The molecule has 2 heterocycles. The molecule has 154 valence electrons. The van der Waals surface area contributed by atoms with Gasteiger partial charge in [0.25, 0.3) is 5.91 Å². The van der Waals surface area contributed by atoms with Crippen LogP contribution in [0.25, 0.3) is 0 Å². The number of hydrogen-bond donors (Lipinski definition) is 3. The zero-order chi connectivity index (χ0) is 20.3. The van der Waals surface area contributed by atoms with Crippen molar-refractivity contribution >= 4 is 17.9 Å². The number of rotatable bonds is 7. The van der Waals surface area contributed by atoms with Gasteiger partial charge in [-0.15, -0.1) is 0 Å². The minimum Gasteiger partial charge on any atom is -0.465 e. The number of aromatic nitrogens is 1. The van der Waals surface area contributed by atoms with Crippen molar-refractivity contribution in [2.75, 3.05) is 19.6 Å². The number of nitrogens with zero attached hydrogens (tertiary/aromatic N) is 2. The summed E-state index contributed by atoms with van der Waals surface area (Å²) in [5.74, 6) is 0.930. The lowest BCUT2D eigenvalue weighted by atomic mass is 9.95. The average Bonchev–Trinajstić information content (AvgIpc) is 3.40. The molecule has 3 amide bonds. The highest BCUT2D eigenvalue weighted by atomic mass is 16.5. The van der Waals surface area contributed by atoms with Crippen LogP contribution in [0.4, 0.5) is 4.79 Å². The lowest BCUT2D eigenvalue weighted by molar-refractivity contribution is -0.135. The first-order valence-electron chi connectivity index (χ1n) is 9.88. The largest absolute Gasteiger partial charge is 0.465 e. The SMILES string of the molecule is CC(C)[C@H](NC(=O)O)C(=O)N1CCC(CNC(=O)c2cc(C3CC3)on2)CC1. The third-order valence-corrected chi connectivity index (χ3v) is 5.43. The summed E-state index contributed by atoms with van der Waals surface area (Å²) in [6.07, 6.45) is 2.51. The van der Waals surface area contributed by atoms with Crippen LogP contribution in [0.2, 0.25) is 0 Å². The second-order valence-electron chi connectivity index (χ2n) is 8.04. The molecule has 1 saturated carbocycles. The van der Waals surface area contributed by atoms with Crippen molar-refractivity contribution in [3.05, 3.63) is 17.5 Å². The van der Waals surface area contributed by atoms with Crippen molar-refractivity contribution < 1.29 is 24.0 Å². The van der Waals surface area contributed by atoms with Gasteiger partial charge in [0.1, 0.15) is 11.8 Å². The van der Waals surface area contributed by atoms with E-state index >= 15 is 0 Å². The lowest BCUT2D eigenvalue weighted by Crippen LogP contribution is -2.53. The van der Waals surface area contributed by atoms with Crippen molar-refractivity contribution in [2.45, 2.75) is 51.5 Å². The smallest absolute Gasteiger partial charge is 0.405 e. The number of hydrogen-bond acceptors (Lipinski definition) is 5. The Balaban J connectivity index is 1.43. The van der Waals surface area contributed by atoms with Crippen LogP contribution in [-0.4, -0.2) is 58.7 Å². The molecule has 1 aromatic rings. The second kappa shape index (κ2) is 8.62. The second-order valence-corrected chi connectivity index (χ2v) is 8.04. The molecule has 0 spiro atoms. The van der Waals surface area contributed by atoms with Crippen LogP contribution < -0.4 is 10.6 Å². The van der Waals surface area contributed by atoms with E-state index in [1.54, 1.807) is 11.0 Å². The van der Waals surface area contributed by atoms with Gasteiger partial charge < -0.3 is 25.2 Å². The minimum absolute atomic E-state index is 0.122. The predicted octanol–water partition coefficient (Wildman–Crippen LogP) is 1.81. The van der Waals surface area contributed by atoms with Crippen LogP contribution in [0.3, 0.4) is 0 Å². The molecular formula is C19H28N4O5. The molecule has 3 N–H and O–H groups in total. The molecule has 3 rings (SSSR count). The van der Waals surface area contributed by atoms with Crippen LogP contribution >= 0.6 is 0 Å². The summed E-state index contributed by atoms with van der Waals surface area (Å²) < 4.78 is 5.21. The topological polar surface area (TPSA) is 125 Å². The fourth-order valence-corrected chi connectivity index (χ4v) is 3.48. The molecule has 2 fully saturated rings. The van der Waals surface area contributed by atoms with Gasteiger partial charge in [0, 0.05) is 31.6 Å². The summed E-state index contributed by atoms with van der Waals surface area (Å²) in [5.41, 5.74) is 0.314. The van der Waals surface area contributed by atoms with E-state index in [1.165, 1.54) is 0 Å².